The molecule has 0 radical (unpaired) electrons. The van der Waals surface area contributed by atoms with E-state index in [1.54, 1.807) is 23.2 Å². The first kappa shape index (κ1) is 17.8. The number of aromatic nitrogens is 1. The van der Waals surface area contributed by atoms with Crippen LogP contribution in [0.2, 0.25) is 0 Å². The van der Waals surface area contributed by atoms with Crippen LogP contribution in [0.1, 0.15) is 37.6 Å². The molecule has 3 aromatic rings. The van der Waals surface area contributed by atoms with Crippen LogP contribution in [0.3, 0.4) is 0 Å². The molecule has 1 aliphatic heterocycles. The van der Waals surface area contributed by atoms with Crippen molar-refractivity contribution < 1.29 is 14.0 Å². The van der Waals surface area contributed by atoms with E-state index in [1.165, 1.54) is 10.8 Å². The summed E-state index contributed by atoms with van der Waals surface area (Å²) in [7, 11) is 0. The smallest absolute Gasteiger partial charge is 0.289 e. The second-order valence-corrected chi connectivity index (χ2v) is 6.74. The lowest BCUT2D eigenvalue weighted by Crippen LogP contribution is -2.40. The monoisotopic (exact) mass is 377 g/mol. The molecule has 28 heavy (non-hydrogen) atoms. The zero-order valence-corrected chi connectivity index (χ0v) is 15.1. The van der Waals surface area contributed by atoms with Gasteiger partial charge in [0.1, 0.15) is 5.56 Å². The number of carbonyl (C=O) groups is 2. The lowest BCUT2D eigenvalue weighted by atomic mass is 9.96. The highest BCUT2D eigenvalue weighted by atomic mass is 16.3. The van der Waals surface area contributed by atoms with Crippen LogP contribution in [0, 0.1) is 0 Å². The van der Waals surface area contributed by atoms with Crippen LogP contribution >= 0.6 is 0 Å². The fourth-order valence-electron chi connectivity index (χ4n) is 3.59. The van der Waals surface area contributed by atoms with Gasteiger partial charge >= 0.3 is 0 Å². The van der Waals surface area contributed by atoms with Crippen molar-refractivity contribution in [1.82, 2.24) is 9.47 Å². The Morgan fingerprint density at radius 2 is 1.89 bits per heavy atom. The predicted molar refractivity (Wildman–Crippen MR) is 102 cm³/mol. The molecule has 2 aromatic heterocycles. The fraction of sp³-hybridized carbons (Fsp3) is 0.190. The van der Waals surface area contributed by atoms with Gasteiger partial charge in [-0.1, -0.05) is 30.3 Å². The summed E-state index contributed by atoms with van der Waals surface area (Å²) in [4.78, 5) is 39.1. The van der Waals surface area contributed by atoms with E-state index in [9.17, 15) is 14.4 Å². The molecule has 0 aliphatic carbocycles. The van der Waals surface area contributed by atoms with Gasteiger partial charge in [0.05, 0.1) is 12.8 Å². The second kappa shape index (κ2) is 7.19. The molecule has 0 saturated carbocycles. The number of amides is 2. The summed E-state index contributed by atoms with van der Waals surface area (Å²) in [6, 6.07) is 12.8. The number of benzene rings is 1. The van der Waals surface area contributed by atoms with E-state index in [-0.39, 0.29) is 23.8 Å². The average molecular weight is 377 g/mol. The normalized spacial score (nSPS) is 13.2. The molecule has 2 N–H and O–H groups in total. The van der Waals surface area contributed by atoms with Gasteiger partial charge < -0.3 is 19.6 Å². The third-order valence-electron chi connectivity index (χ3n) is 4.93. The van der Waals surface area contributed by atoms with E-state index in [1.807, 2.05) is 30.3 Å². The Bertz CT molecular complexity index is 1080. The number of nitrogens with two attached hydrogens (primary N) is 1. The van der Waals surface area contributed by atoms with E-state index in [2.05, 4.69) is 0 Å². The minimum Gasteiger partial charge on any atom is -0.459 e. The van der Waals surface area contributed by atoms with Crippen molar-refractivity contribution in [2.45, 2.75) is 19.5 Å². The topological polar surface area (TPSA) is 98.5 Å². The van der Waals surface area contributed by atoms with Gasteiger partial charge in [0, 0.05) is 19.3 Å². The summed E-state index contributed by atoms with van der Waals surface area (Å²) in [6.45, 7) is 0.985. The highest BCUT2D eigenvalue weighted by molar-refractivity contribution is 5.95. The Hall–Kier alpha value is -3.61. The fourth-order valence-corrected chi connectivity index (χ4v) is 3.59. The highest BCUT2D eigenvalue weighted by Gasteiger charge is 2.28. The first-order valence-corrected chi connectivity index (χ1v) is 8.96. The SMILES string of the molecule is NC(=O)c1c2c(cn(Cc3ccccc3)c1=O)CN(C(=O)c1ccco1)CC2. The van der Waals surface area contributed by atoms with Gasteiger partial charge in [-0.05, 0) is 35.2 Å². The molecule has 4 rings (SSSR count). The molecule has 0 spiro atoms. The molecular formula is C21H19N3O4. The Labute approximate surface area is 161 Å². The van der Waals surface area contributed by atoms with Crippen molar-refractivity contribution in [2.75, 3.05) is 6.54 Å². The van der Waals surface area contributed by atoms with Crippen LogP contribution < -0.4 is 11.3 Å². The van der Waals surface area contributed by atoms with Gasteiger partial charge in [-0.25, -0.2) is 0 Å². The summed E-state index contributed by atoms with van der Waals surface area (Å²) in [5.41, 5.74) is 7.44. The Kier molecular flexibility index (Phi) is 4.57. The number of fused-ring (bicyclic) bond motifs is 1. The van der Waals surface area contributed by atoms with Gasteiger partial charge in [-0.3, -0.25) is 14.4 Å². The lowest BCUT2D eigenvalue weighted by molar-refractivity contribution is 0.0701. The summed E-state index contributed by atoms with van der Waals surface area (Å²) >= 11 is 0. The number of primary amides is 1. The van der Waals surface area contributed by atoms with Gasteiger partial charge in [0.2, 0.25) is 0 Å². The maximum absolute atomic E-state index is 12.9. The van der Waals surface area contributed by atoms with Crippen molar-refractivity contribution in [3.05, 3.63) is 93.3 Å². The molecule has 7 nitrogen and oxygen atoms in total. The predicted octanol–water partition coefficient (Wildman–Crippen LogP) is 1.79. The van der Waals surface area contributed by atoms with Crippen molar-refractivity contribution >= 4 is 11.8 Å². The maximum atomic E-state index is 12.9. The van der Waals surface area contributed by atoms with Crippen LogP contribution in [0.5, 0.6) is 0 Å². The van der Waals surface area contributed by atoms with E-state index < -0.39 is 11.5 Å². The second-order valence-electron chi connectivity index (χ2n) is 6.74. The number of carbonyl (C=O) groups excluding carboxylic acids is 2. The molecule has 0 fully saturated rings. The first-order chi connectivity index (χ1) is 13.5. The molecule has 0 atom stereocenters. The molecule has 142 valence electrons. The van der Waals surface area contributed by atoms with Gasteiger partial charge in [0.25, 0.3) is 17.4 Å². The first-order valence-electron chi connectivity index (χ1n) is 8.96. The van der Waals surface area contributed by atoms with Crippen LogP contribution in [0.25, 0.3) is 0 Å². The molecule has 7 heteroatoms. The number of hydrogen-bond donors (Lipinski definition) is 1. The molecule has 0 bridgehead atoms. The summed E-state index contributed by atoms with van der Waals surface area (Å²) in [6.07, 6.45) is 3.56. The summed E-state index contributed by atoms with van der Waals surface area (Å²) in [5.74, 6) is -0.706. The van der Waals surface area contributed by atoms with Crippen LogP contribution in [-0.2, 0) is 19.5 Å². The van der Waals surface area contributed by atoms with E-state index in [0.717, 1.165) is 11.1 Å². The molecule has 0 unspecified atom stereocenters. The molecular weight excluding hydrogens is 358 g/mol. The van der Waals surface area contributed by atoms with Crippen molar-refractivity contribution in [3.8, 4) is 0 Å². The Morgan fingerprint density at radius 1 is 1.11 bits per heavy atom. The minimum absolute atomic E-state index is 0.0125. The number of hydrogen-bond acceptors (Lipinski definition) is 4. The van der Waals surface area contributed by atoms with Crippen molar-refractivity contribution in [1.29, 1.82) is 0 Å². The zero-order chi connectivity index (χ0) is 19.7. The third kappa shape index (κ3) is 3.22. The lowest BCUT2D eigenvalue weighted by Gasteiger charge is -2.29. The molecule has 1 aliphatic rings. The number of furan rings is 1. The summed E-state index contributed by atoms with van der Waals surface area (Å²) in [5, 5.41) is 0. The molecule has 0 saturated heterocycles. The highest BCUT2D eigenvalue weighted by Crippen LogP contribution is 2.22. The summed E-state index contributed by atoms with van der Waals surface area (Å²) < 4.78 is 6.68. The average Bonchev–Trinajstić information content (AvgIpc) is 3.23. The number of nitrogens with zero attached hydrogens (tertiary/aromatic N) is 2. The Morgan fingerprint density at radius 3 is 2.57 bits per heavy atom. The standard InChI is InChI=1S/C21H19N3O4/c22-19(25)18-16-8-9-23(20(26)17-7-4-10-28-17)12-15(16)13-24(21(18)27)11-14-5-2-1-3-6-14/h1-7,10,13H,8-9,11-12H2,(H2,22,25). The number of pyridine rings is 1. The Balaban J connectivity index is 1.73. The number of rotatable bonds is 4. The molecule has 1 aromatic carbocycles. The molecule has 3 heterocycles. The van der Waals surface area contributed by atoms with Crippen LogP contribution in [0.4, 0.5) is 0 Å². The van der Waals surface area contributed by atoms with E-state index in [0.29, 0.717) is 25.1 Å². The largest absolute Gasteiger partial charge is 0.459 e. The van der Waals surface area contributed by atoms with Gasteiger partial charge in [0.15, 0.2) is 5.76 Å². The van der Waals surface area contributed by atoms with Crippen LogP contribution in [-0.4, -0.2) is 27.8 Å². The van der Waals surface area contributed by atoms with E-state index >= 15 is 0 Å². The van der Waals surface area contributed by atoms with Crippen molar-refractivity contribution in [2.24, 2.45) is 5.73 Å². The molecule has 2 amide bonds. The zero-order valence-electron chi connectivity index (χ0n) is 15.1. The minimum atomic E-state index is -0.741. The van der Waals surface area contributed by atoms with Crippen LogP contribution in [0.15, 0.2) is 64.1 Å². The maximum Gasteiger partial charge on any atom is 0.289 e. The van der Waals surface area contributed by atoms with Gasteiger partial charge in [-0.15, -0.1) is 0 Å². The third-order valence-corrected chi connectivity index (χ3v) is 4.93. The quantitative estimate of drug-likeness (QED) is 0.749. The van der Waals surface area contributed by atoms with Gasteiger partial charge in [-0.2, -0.15) is 0 Å². The van der Waals surface area contributed by atoms with Crippen molar-refractivity contribution in [3.63, 3.8) is 0 Å². The van der Waals surface area contributed by atoms with E-state index in [4.69, 9.17) is 10.2 Å².